The third-order valence-corrected chi connectivity index (χ3v) is 5.44. The van der Waals surface area contributed by atoms with Crippen LogP contribution in [0.4, 0.5) is 13.2 Å². The molecule has 1 aliphatic heterocycles. The SMILES string of the molecule is C=C(CNC(=O)C1(NC(=O)c2cc(OC)no2)CCOC1)/N=C\C(=C/N)Oc1ccc(OC)cc1C(F)(F)F. The van der Waals surface area contributed by atoms with Crippen molar-refractivity contribution in [1.29, 1.82) is 0 Å². The summed E-state index contributed by atoms with van der Waals surface area (Å²) in [5.41, 5.74) is 3.13. The number of nitrogens with two attached hydrogens (primary N) is 1. The Hall–Kier alpha value is -4.53. The maximum absolute atomic E-state index is 13.4. The molecule has 1 aromatic heterocycles. The summed E-state index contributed by atoms with van der Waals surface area (Å²) in [6, 6.07) is 4.43. The van der Waals surface area contributed by atoms with E-state index in [4.69, 9.17) is 29.2 Å². The van der Waals surface area contributed by atoms with Crippen molar-refractivity contribution in [2.45, 2.75) is 18.1 Å². The largest absolute Gasteiger partial charge is 0.497 e. The predicted octanol–water partition coefficient (Wildman–Crippen LogP) is 2.18. The molecule has 0 bridgehead atoms. The van der Waals surface area contributed by atoms with Crippen LogP contribution >= 0.6 is 0 Å². The lowest BCUT2D eigenvalue weighted by atomic mass is 9.97. The fraction of sp³-hybridized carbons (Fsp3) is 0.333. The fourth-order valence-electron chi connectivity index (χ4n) is 3.37. The van der Waals surface area contributed by atoms with Crippen LogP contribution in [0.5, 0.6) is 17.4 Å². The number of allylic oxidation sites excluding steroid dienone is 1. The molecule has 1 aliphatic rings. The van der Waals surface area contributed by atoms with Crippen LogP contribution in [-0.4, -0.2) is 62.7 Å². The van der Waals surface area contributed by atoms with Gasteiger partial charge in [-0.3, -0.25) is 14.6 Å². The van der Waals surface area contributed by atoms with Crippen molar-refractivity contribution in [2.24, 2.45) is 10.7 Å². The summed E-state index contributed by atoms with van der Waals surface area (Å²) in [6.45, 7) is 3.66. The molecular formula is C24H26F3N5O7. The predicted molar refractivity (Wildman–Crippen MR) is 130 cm³/mol. The number of carbonyl (C=O) groups is 2. The molecule has 1 fully saturated rings. The molecule has 2 aromatic rings. The number of aromatic nitrogens is 1. The molecule has 39 heavy (non-hydrogen) atoms. The molecule has 3 rings (SSSR count). The fourth-order valence-corrected chi connectivity index (χ4v) is 3.37. The van der Waals surface area contributed by atoms with Gasteiger partial charge in [-0.1, -0.05) is 6.58 Å². The smallest absolute Gasteiger partial charge is 0.420 e. The number of ether oxygens (including phenoxy) is 4. The van der Waals surface area contributed by atoms with Gasteiger partial charge in [-0.05, 0) is 23.4 Å². The zero-order valence-corrected chi connectivity index (χ0v) is 21.0. The Bertz CT molecular complexity index is 1270. The van der Waals surface area contributed by atoms with Gasteiger partial charge in [-0.15, -0.1) is 0 Å². The third-order valence-electron chi connectivity index (χ3n) is 5.44. The number of nitrogens with zero attached hydrogens (tertiary/aromatic N) is 2. The third kappa shape index (κ3) is 7.28. The van der Waals surface area contributed by atoms with E-state index in [0.29, 0.717) is 0 Å². The first-order chi connectivity index (χ1) is 18.5. The van der Waals surface area contributed by atoms with Crippen molar-refractivity contribution in [2.75, 3.05) is 34.0 Å². The number of hydrogen-bond donors (Lipinski definition) is 3. The van der Waals surface area contributed by atoms with Gasteiger partial charge in [-0.25, -0.2) is 0 Å². The Balaban J connectivity index is 1.62. The Labute approximate surface area is 220 Å². The van der Waals surface area contributed by atoms with E-state index in [9.17, 15) is 22.8 Å². The Morgan fingerprint density at radius 2 is 2.05 bits per heavy atom. The van der Waals surface area contributed by atoms with Crippen LogP contribution in [0.2, 0.25) is 0 Å². The maximum Gasteiger partial charge on any atom is 0.420 e. The molecule has 0 radical (unpaired) electrons. The lowest BCUT2D eigenvalue weighted by Gasteiger charge is -2.26. The first kappa shape index (κ1) is 29.0. The highest BCUT2D eigenvalue weighted by Gasteiger charge is 2.44. The van der Waals surface area contributed by atoms with Gasteiger partial charge in [0.1, 0.15) is 22.6 Å². The zero-order chi connectivity index (χ0) is 28.6. The highest BCUT2D eigenvalue weighted by molar-refractivity contribution is 5.98. The number of carbonyl (C=O) groups excluding carboxylic acids is 2. The van der Waals surface area contributed by atoms with Crippen LogP contribution < -0.4 is 30.6 Å². The molecule has 2 heterocycles. The number of amides is 2. The minimum atomic E-state index is -4.72. The molecule has 0 spiro atoms. The minimum absolute atomic E-state index is 0.00656. The summed E-state index contributed by atoms with van der Waals surface area (Å²) in [5, 5.41) is 8.75. The van der Waals surface area contributed by atoms with E-state index in [1.165, 1.54) is 26.4 Å². The van der Waals surface area contributed by atoms with Crippen molar-refractivity contribution in [3.8, 4) is 17.4 Å². The number of rotatable bonds is 11. The minimum Gasteiger partial charge on any atom is -0.497 e. The molecular weight excluding hydrogens is 527 g/mol. The number of alkyl halides is 3. The van der Waals surface area contributed by atoms with Gasteiger partial charge < -0.3 is 39.8 Å². The van der Waals surface area contributed by atoms with Gasteiger partial charge in [0.25, 0.3) is 11.8 Å². The summed E-state index contributed by atoms with van der Waals surface area (Å²) < 4.78 is 65.6. The van der Waals surface area contributed by atoms with E-state index < -0.39 is 34.8 Å². The summed E-state index contributed by atoms with van der Waals surface area (Å²) in [4.78, 5) is 29.5. The number of nitrogens with one attached hydrogen (secondary N) is 2. The first-order valence-corrected chi connectivity index (χ1v) is 11.3. The molecule has 0 saturated carbocycles. The van der Waals surface area contributed by atoms with E-state index in [0.717, 1.165) is 24.5 Å². The molecule has 1 aromatic carbocycles. The van der Waals surface area contributed by atoms with Crippen molar-refractivity contribution in [3.05, 3.63) is 59.8 Å². The average Bonchev–Trinajstić information content (AvgIpc) is 3.59. The molecule has 15 heteroatoms. The summed E-state index contributed by atoms with van der Waals surface area (Å²) in [7, 11) is 2.59. The number of aliphatic imine (C=N–C) groups is 1. The average molecular weight is 553 g/mol. The number of hydrogen-bond acceptors (Lipinski definition) is 10. The monoisotopic (exact) mass is 553 g/mol. The van der Waals surface area contributed by atoms with Gasteiger partial charge in [0, 0.05) is 19.2 Å². The second kappa shape index (κ2) is 12.3. The molecule has 2 amide bonds. The number of benzene rings is 1. The van der Waals surface area contributed by atoms with E-state index in [1.54, 1.807) is 0 Å². The summed E-state index contributed by atoms with van der Waals surface area (Å²) >= 11 is 0. The second-order valence-corrected chi connectivity index (χ2v) is 8.11. The molecule has 210 valence electrons. The highest BCUT2D eigenvalue weighted by Crippen LogP contribution is 2.39. The summed E-state index contributed by atoms with van der Waals surface area (Å²) in [5.74, 6) is -2.08. The van der Waals surface area contributed by atoms with Crippen LogP contribution in [0, 0.1) is 0 Å². The summed E-state index contributed by atoms with van der Waals surface area (Å²) in [6.07, 6.45) is -2.57. The van der Waals surface area contributed by atoms with Crippen molar-refractivity contribution in [1.82, 2.24) is 15.8 Å². The highest BCUT2D eigenvalue weighted by atomic mass is 19.4. The quantitative estimate of drug-likeness (QED) is 0.280. The molecule has 0 aliphatic carbocycles. The van der Waals surface area contributed by atoms with Crippen LogP contribution in [0.25, 0.3) is 0 Å². The first-order valence-electron chi connectivity index (χ1n) is 11.3. The Morgan fingerprint density at radius 3 is 2.64 bits per heavy atom. The van der Waals surface area contributed by atoms with Crippen molar-refractivity contribution in [3.63, 3.8) is 0 Å². The topological polar surface area (TPSA) is 160 Å². The normalized spacial score (nSPS) is 17.6. The van der Waals surface area contributed by atoms with Crippen LogP contribution in [0.15, 0.2) is 58.0 Å². The molecule has 1 unspecified atom stereocenters. The molecule has 4 N–H and O–H groups in total. The van der Waals surface area contributed by atoms with E-state index in [2.05, 4.69) is 27.4 Å². The van der Waals surface area contributed by atoms with Gasteiger partial charge in [0.15, 0.2) is 5.76 Å². The number of methoxy groups -OCH3 is 2. The molecule has 1 atom stereocenters. The van der Waals surface area contributed by atoms with Crippen molar-refractivity contribution >= 4 is 18.0 Å². The van der Waals surface area contributed by atoms with Gasteiger partial charge in [0.05, 0.1) is 45.3 Å². The standard InChI is InChI=1S/C24H26F3N5O7/c1-14(29-12-16(10-28)38-18-5-4-15(35-2)8-17(18)24(25,26)27)11-30-22(34)23(6-7-37-13-23)31-21(33)19-9-20(36-3)32-39-19/h4-5,8-10,12H,1,6-7,11,13,28H2,2-3H3,(H,30,34)(H,31,33)/b16-10+,29-12-. The van der Waals surface area contributed by atoms with Crippen molar-refractivity contribution < 1.29 is 46.2 Å². The van der Waals surface area contributed by atoms with Crippen LogP contribution in [0.1, 0.15) is 22.5 Å². The van der Waals surface area contributed by atoms with E-state index >= 15 is 0 Å². The zero-order valence-electron chi connectivity index (χ0n) is 21.0. The van der Waals surface area contributed by atoms with Crippen LogP contribution in [-0.2, 0) is 15.7 Å². The second-order valence-electron chi connectivity index (χ2n) is 8.11. The lowest BCUT2D eigenvalue weighted by molar-refractivity contribution is -0.138. The Morgan fingerprint density at radius 1 is 1.28 bits per heavy atom. The Kier molecular flexibility index (Phi) is 9.19. The lowest BCUT2D eigenvalue weighted by Crippen LogP contribution is -2.59. The van der Waals surface area contributed by atoms with Gasteiger partial charge in [0.2, 0.25) is 11.7 Å². The molecule has 12 nitrogen and oxygen atoms in total. The maximum atomic E-state index is 13.4. The van der Waals surface area contributed by atoms with Crippen LogP contribution in [0.3, 0.4) is 0 Å². The van der Waals surface area contributed by atoms with E-state index in [1.807, 2.05) is 0 Å². The van der Waals surface area contributed by atoms with Gasteiger partial charge in [-0.2, -0.15) is 13.2 Å². The van der Waals surface area contributed by atoms with Gasteiger partial charge >= 0.3 is 6.18 Å². The molecule has 1 saturated heterocycles. The van der Waals surface area contributed by atoms with E-state index in [-0.39, 0.29) is 55.0 Å². The number of halogens is 3.